The highest BCUT2D eigenvalue weighted by molar-refractivity contribution is 5.91. The van der Waals surface area contributed by atoms with Crippen LogP contribution in [0.25, 0.3) is 0 Å². The van der Waals surface area contributed by atoms with Gasteiger partial charge in [-0.3, -0.25) is 9.59 Å². The fraction of sp³-hybridized carbons (Fsp3) is 0.556. The maximum absolute atomic E-state index is 12.7. The molecule has 1 aromatic heterocycles. The Hall–Kier alpha value is -2.56. The van der Waals surface area contributed by atoms with E-state index in [1.54, 1.807) is 11.0 Å². The Bertz CT molecular complexity index is 927. The van der Waals surface area contributed by atoms with Crippen molar-refractivity contribution in [3.05, 3.63) is 53.0 Å². The number of rotatable bonds is 10. The van der Waals surface area contributed by atoms with Crippen molar-refractivity contribution in [2.45, 2.75) is 73.6 Å². The van der Waals surface area contributed by atoms with Gasteiger partial charge < -0.3 is 14.1 Å². The fourth-order valence-corrected chi connectivity index (χ4v) is 3.99. The topological polar surface area (TPSA) is 59.8 Å². The lowest BCUT2D eigenvalue weighted by Crippen LogP contribution is -2.30. The van der Waals surface area contributed by atoms with Crippen LogP contribution in [0.4, 0.5) is 0 Å². The van der Waals surface area contributed by atoms with Gasteiger partial charge in [0.15, 0.2) is 11.5 Å². The van der Waals surface area contributed by atoms with Gasteiger partial charge in [0.1, 0.15) is 18.1 Å². The largest absolute Gasteiger partial charge is 0.486 e. The summed E-state index contributed by atoms with van der Waals surface area (Å²) in [7, 11) is 0. The van der Waals surface area contributed by atoms with Crippen molar-refractivity contribution in [2.75, 3.05) is 19.7 Å². The van der Waals surface area contributed by atoms with Crippen LogP contribution in [-0.4, -0.2) is 36.3 Å². The number of furan rings is 1. The number of benzene rings is 1. The standard InChI is InChI=1S/C27H39NO4/c1-9-27(10-2,24-16-15-22(32-24)25(30)28(11-3)12-4)20-13-14-21(19(5)17-20)31-18-23(29)26(6,7)8/h13-17H,9-12,18H2,1-8H3. The van der Waals surface area contributed by atoms with Crippen molar-refractivity contribution >= 4 is 11.7 Å². The molecular weight excluding hydrogens is 402 g/mol. The molecule has 1 aromatic carbocycles. The van der Waals surface area contributed by atoms with Crippen LogP contribution in [0.1, 0.15) is 88.7 Å². The molecule has 0 unspecified atom stereocenters. The second kappa shape index (κ2) is 10.4. The molecule has 1 heterocycles. The Kier molecular flexibility index (Phi) is 8.33. The zero-order valence-corrected chi connectivity index (χ0v) is 21.0. The molecule has 0 saturated carbocycles. The average molecular weight is 442 g/mol. The fourth-order valence-electron chi connectivity index (χ4n) is 3.99. The Labute approximate surface area is 193 Å². The molecule has 176 valence electrons. The maximum Gasteiger partial charge on any atom is 0.289 e. The second-order valence-corrected chi connectivity index (χ2v) is 9.37. The van der Waals surface area contributed by atoms with Crippen LogP contribution >= 0.6 is 0 Å². The summed E-state index contributed by atoms with van der Waals surface area (Å²) >= 11 is 0. The third-order valence-electron chi connectivity index (χ3n) is 6.47. The first-order valence-electron chi connectivity index (χ1n) is 11.7. The minimum atomic E-state index is -0.424. The average Bonchev–Trinajstić information content (AvgIpc) is 3.25. The lowest BCUT2D eigenvalue weighted by atomic mass is 9.73. The van der Waals surface area contributed by atoms with E-state index in [1.807, 2.05) is 59.7 Å². The number of nitrogens with zero attached hydrogens (tertiary/aromatic N) is 1. The lowest BCUT2D eigenvalue weighted by Gasteiger charge is -2.31. The van der Waals surface area contributed by atoms with Gasteiger partial charge in [0.2, 0.25) is 0 Å². The maximum atomic E-state index is 12.7. The molecule has 0 aliphatic carbocycles. The molecule has 32 heavy (non-hydrogen) atoms. The Morgan fingerprint density at radius 2 is 1.59 bits per heavy atom. The van der Waals surface area contributed by atoms with E-state index in [0.29, 0.717) is 24.6 Å². The number of carbonyl (C=O) groups is 2. The van der Waals surface area contributed by atoms with Gasteiger partial charge in [0, 0.05) is 18.5 Å². The second-order valence-electron chi connectivity index (χ2n) is 9.37. The molecule has 0 atom stereocenters. The van der Waals surface area contributed by atoms with E-state index in [4.69, 9.17) is 9.15 Å². The number of Topliss-reactive ketones (excluding diaryl/α,β-unsaturated/α-hetero) is 1. The summed E-state index contributed by atoms with van der Waals surface area (Å²) in [5, 5.41) is 0. The third-order valence-corrected chi connectivity index (χ3v) is 6.47. The Morgan fingerprint density at radius 3 is 2.09 bits per heavy atom. The van der Waals surface area contributed by atoms with Crippen LogP contribution in [0.3, 0.4) is 0 Å². The number of hydrogen-bond donors (Lipinski definition) is 0. The zero-order valence-electron chi connectivity index (χ0n) is 21.0. The third kappa shape index (κ3) is 5.25. The van der Waals surface area contributed by atoms with E-state index in [-0.39, 0.29) is 23.7 Å². The first-order chi connectivity index (χ1) is 15.0. The Balaban J connectivity index is 2.35. The first-order valence-corrected chi connectivity index (χ1v) is 11.7. The van der Waals surface area contributed by atoms with E-state index in [2.05, 4.69) is 19.9 Å². The van der Waals surface area contributed by atoms with Crippen LogP contribution < -0.4 is 4.74 Å². The van der Waals surface area contributed by atoms with Crippen molar-refractivity contribution in [3.8, 4) is 5.75 Å². The van der Waals surface area contributed by atoms with Crippen LogP contribution in [0, 0.1) is 12.3 Å². The van der Waals surface area contributed by atoms with Gasteiger partial charge in [-0.15, -0.1) is 0 Å². The lowest BCUT2D eigenvalue weighted by molar-refractivity contribution is -0.128. The van der Waals surface area contributed by atoms with Gasteiger partial charge in [-0.1, -0.05) is 46.8 Å². The number of ether oxygens (including phenoxy) is 1. The van der Waals surface area contributed by atoms with E-state index in [1.165, 1.54) is 0 Å². The minimum Gasteiger partial charge on any atom is -0.486 e. The highest BCUT2D eigenvalue weighted by Gasteiger charge is 2.35. The molecule has 5 nitrogen and oxygen atoms in total. The summed E-state index contributed by atoms with van der Waals surface area (Å²) in [6, 6.07) is 9.82. The van der Waals surface area contributed by atoms with Crippen molar-refractivity contribution in [2.24, 2.45) is 5.41 Å². The predicted molar refractivity (Wildman–Crippen MR) is 128 cm³/mol. The Morgan fingerprint density at radius 1 is 0.969 bits per heavy atom. The quantitative estimate of drug-likeness (QED) is 0.442. The summed E-state index contributed by atoms with van der Waals surface area (Å²) in [5.41, 5.74) is 1.33. The molecule has 0 N–H and O–H groups in total. The molecule has 0 bridgehead atoms. The molecular formula is C27H39NO4. The molecule has 0 aliphatic heterocycles. The van der Waals surface area contributed by atoms with Gasteiger partial charge >= 0.3 is 0 Å². The van der Waals surface area contributed by atoms with E-state index in [9.17, 15) is 9.59 Å². The van der Waals surface area contributed by atoms with Gasteiger partial charge in [-0.05, 0) is 62.9 Å². The van der Waals surface area contributed by atoms with Crippen molar-refractivity contribution in [1.29, 1.82) is 0 Å². The molecule has 0 aliphatic rings. The molecule has 0 saturated heterocycles. The zero-order chi connectivity index (χ0) is 24.1. The molecule has 1 amide bonds. The van der Waals surface area contributed by atoms with E-state index < -0.39 is 5.41 Å². The highest BCUT2D eigenvalue weighted by atomic mass is 16.5. The molecule has 0 radical (unpaired) electrons. The summed E-state index contributed by atoms with van der Waals surface area (Å²) < 4.78 is 12.0. The smallest absolute Gasteiger partial charge is 0.289 e. The van der Waals surface area contributed by atoms with Gasteiger partial charge in [-0.2, -0.15) is 0 Å². The number of amides is 1. The summed E-state index contributed by atoms with van der Waals surface area (Å²) in [5.74, 6) is 1.88. The van der Waals surface area contributed by atoms with Crippen LogP contribution in [0.2, 0.25) is 0 Å². The van der Waals surface area contributed by atoms with Crippen LogP contribution in [-0.2, 0) is 10.2 Å². The van der Waals surface area contributed by atoms with E-state index in [0.717, 1.165) is 29.7 Å². The SMILES string of the molecule is CCN(CC)C(=O)c1ccc(C(CC)(CC)c2ccc(OCC(=O)C(C)(C)C)c(C)c2)o1. The van der Waals surface area contributed by atoms with Crippen LogP contribution in [0.15, 0.2) is 34.7 Å². The van der Waals surface area contributed by atoms with Crippen LogP contribution in [0.5, 0.6) is 5.75 Å². The van der Waals surface area contributed by atoms with Gasteiger partial charge in [-0.25, -0.2) is 0 Å². The summed E-state index contributed by atoms with van der Waals surface area (Å²) in [6.45, 7) is 17.3. The van der Waals surface area contributed by atoms with Gasteiger partial charge in [0.05, 0.1) is 5.41 Å². The van der Waals surface area contributed by atoms with Crippen molar-refractivity contribution < 1.29 is 18.7 Å². The minimum absolute atomic E-state index is 0.0609. The number of carbonyl (C=O) groups excluding carboxylic acids is 2. The number of hydrogen-bond acceptors (Lipinski definition) is 4. The van der Waals surface area contributed by atoms with E-state index >= 15 is 0 Å². The van der Waals surface area contributed by atoms with Crippen molar-refractivity contribution in [3.63, 3.8) is 0 Å². The first kappa shape index (κ1) is 25.7. The normalized spacial score (nSPS) is 12.0. The van der Waals surface area contributed by atoms with Gasteiger partial charge in [0.25, 0.3) is 5.91 Å². The number of ketones is 1. The summed E-state index contributed by atoms with van der Waals surface area (Å²) in [6.07, 6.45) is 1.66. The predicted octanol–water partition coefficient (Wildman–Crippen LogP) is 6.17. The number of aryl methyl sites for hydroxylation is 1. The molecule has 0 fully saturated rings. The molecule has 2 rings (SSSR count). The summed E-state index contributed by atoms with van der Waals surface area (Å²) in [4.78, 5) is 26.7. The molecule has 5 heteroatoms. The monoisotopic (exact) mass is 441 g/mol. The molecule has 2 aromatic rings. The molecule has 0 spiro atoms. The highest BCUT2D eigenvalue weighted by Crippen LogP contribution is 2.41. The van der Waals surface area contributed by atoms with Crippen molar-refractivity contribution in [1.82, 2.24) is 4.90 Å².